The van der Waals surface area contributed by atoms with Crippen molar-refractivity contribution in [1.82, 2.24) is 9.88 Å². The lowest BCUT2D eigenvalue weighted by atomic mass is 10.1. The van der Waals surface area contributed by atoms with Crippen molar-refractivity contribution in [3.8, 4) is 5.69 Å². The number of pyridine rings is 1. The monoisotopic (exact) mass is 303 g/mol. The highest BCUT2D eigenvalue weighted by Crippen LogP contribution is 2.25. The van der Waals surface area contributed by atoms with Gasteiger partial charge in [0.1, 0.15) is 5.82 Å². The molecule has 1 aliphatic rings. The van der Waals surface area contributed by atoms with Crippen LogP contribution in [-0.2, 0) is 0 Å². The van der Waals surface area contributed by atoms with Crippen LogP contribution < -0.4 is 16.6 Å². The normalized spacial score (nSPS) is 13.2. The minimum Gasteiger partial charge on any atom is -0.384 e. The van der Waals surface area contributed by atoms with E-state index in [1.54, 1.807) is 25.1 Å². The molecule has 1 aromatic heterocycles. The van der Waals surface area contributed by atoms with Crippen LogP contribution >= 0.6 is 11.6 Å². The molecule has 106 valence electrons. The zero-order chi connectivity index (χ0) is 15.3. The standard InChI is InChI=1S/C14H10ClN3O3/c1-6-2-3-7(15)4-9(6)18-10(19)5-8-11(12(18)16)14(21)17-13(8)20/h2-5H,16H2,1H3,(H,17,20,21). The summed E-state index contributed by atoms with van der Waals surface area (Å²) in [5.41, 5.74) is 6.69. The van der Waals surface area contributed by atoms with Crippen molar-refractivity contribution in [3.63, 3.8) is 0 Å². The maximum Gasteiger partial charge on any atom is 0.262 e. The summed E-state index contributed by atoms with van der Waals surface area (Å²) in [6, 6.07) is 6.11. The Kier molecular flexibility index (Phi) is 2.84. The molecule has 6 nitrogen and oxygen atoms in total. The van der Waals surface area contributed by atoms with Crippen LogP contribution in [0.25, 0.3) is 5.69 Å². The fraction of sp³-hybridized carbons (Fsp3) is 0.0714. The summed E-state index contributed by atoms with van der Waals surface area (Å²) in [4.78, 5) is 35.6. The molecule has 0 radical (unpaired) electrons. The summed E-state index contributed by atoms with van der Waals surface area (Å²) in [6.45, 7) is 1.79. The Labute approximate surface area is 124 Å². The number of carbonyl (C=O) groups excluding carboxylic acids is 2. The van der Waals surface area contributed by atoms with Crippen LogP contribution in [0.15, 0.2) is 29.1 Å². The summed E-state index contributed by atoms with van der Waals surface area (Å²) in [6.07, 6.45) is 0. The average molecular weight is 304 g/mol. The second-order valence-corrected chi connectivity index (χ2v) is 5.14. The Bertz CT molecular complexity index is 870. The predicted octanol–water partition coefficient (Wildman–Crippen LogP) is 1.27. The first-order chi connectivity index (χ1) is 9.90. The number of nitrogens with two attached hydrogens (primary N) is 1. The number of nitrogen functional groups attached to an aromatic ring is 1. The molecule has 1 aromatic carbocycles. The van der Waals surface area contributed by atoms with E-state index in [1.165, 1.54) is 4.57 Å². The van der Waals surface area contributed by atoms with Crippen molar-refractivity contribution in [2.75, 3.05) is 5.73 Å². The number of amides is 2. The third-order valence-corrected chi connectivity index (χ3v) is 3.60. The molecule has 3 N–H and O–H groups in total. The summed E-state index contributed by atoms with van der Waals surface area (Å²) >= 11 is 5.95. The zero-order valence-electron chi connectivity index (χ0n) is 10.9. The second kappa shape index (κ2) is 4.46. The van der Waals surface area contributed by atoms with Gasteiger partial charge in [-0.1, -0.05) is 17.7 Å². The number of aryl methyl sites for hydroxylation is 1. The highest BCUT2D eigenvalue weighted by atomic mass is 35.5. The second-order valence-electron chi connectivity index (χ2n) is 4.71. The highest BCUT2D eigenvalue weighted by molar-refractivity contribution is 6.30. The molecule has 0 fully saturated rings. The molecule has 7 heteroatoms. The van der Waals surface area contributed by atoms with Gasteiger partial charge in [0.25, 0.3) is 17.4 Å². The van der Waals surface area contributed by atoms with E-state index < -0.39 is 17.4 Å². The summed E-state index contributed by atoms with van der Waals surface area (Å²) < 4.78 is 1.18. The fourth-order valence-electron chi connectivity index (χ4n) is 2.35. The lowest BCUT2D eigenvalue weighted by Crippen LogP contribution is -2.24. The minimum atomic E-state index is -0.617. The van der Waals surface area contributed by atoms with Crippen LogP contribution in [0, 0.1) is 6.92 Å². The number of aromatic nitrogens is 1. The van der Waals surface area contributed by atoms with E-state index in [1.807, 2.05) is 0 Å². The first-order valence-electron chi connectivity index (χ1n) is 6.08. The molecule has 2 amide bonds. The molecule has 0 saturated heterocycles. The van der Waals surface area contributed by atoms with Crippen LogP contribution in [0.5, 0.6) is 0 Å². The quantitative estimate of drug-likeness (QED) is 0.776. The van der Waals surface area contributed by atoms with E-state index >= 15 is 0 Å². The molecule has 0 atom stereocenters. The van der Waals surface area contributed by atoms with Crippen LogP contribution in [0.3, 0.4) is 0 Å². The molecule has 0 spiro atoms. The van der Waals surface area contributed by atoms with Crippen molar-refractivity contribution in [2.24, 2.45) is 0 Å². The van der Waals surface area contributed by atoms with Gasteiger partial charge in [0.2, 0.25) is 0 Å². The number of carbonyl (C=O) groups is 2. The number of hydrogen-bond donors (Lipinski definition) is 2. The number of nitrogens with zero attached hydrogens (tertiary/aromatic N) is 1. The number of rotatable bonds is 1. The molecular formula is C14H10ClN3O3. The van der Waals surface area contributed by atoms with Gasteiger partial charge in [-0.3, -0.25) is 24.3 Å². The van der Waals surface area contributed by atoms with E-state index in [-0.39, 0.29) is 16.9 Å². The van der Waals surface area contributed by atoms with E-state index in [0.717, 1.165) is 11.6 Å². The van der Waals surface area contributed by atoms with E-state index in [9.17, 15) is 14.4 Å². The third-order valence-electron chi connectivity index (χ3n) is 3.37. The number of anilines is 1. The number of nitrogens with one attached hydrogen (secondary N) is 1. The van der Waals surface area contributed by atoms with Gasteiger partial charge in [0.05, 0.1) is 16.8 Å². The number of imide groups is 1. The molecular weight excluding hydrogens is 294 g/mol. The molecule has 0 aliphatic carbocycles. The Morgan fingerprint density at radius 3 is 2.57 bits per heavy atom. The van der Waals surface area contributed by atoms with Crippen molar-refractivity contribution in [1.29, 1.82) is 0 Å². The lowest BCUT2D eigenvalue weighted by molar-refractivity contribution is 0.0880. The van der Waals surface area contributed by atoms with Crippen molar-refractivity contribution in [2.45, 2.75) is 6.92 Å². The van der Waals surface area contributed by atoms with Gasteiger partial charge < -0.3 is 5.73 Å². The zero-order valence-corrected chi connectivity index (χ0v) is 11.7. The van der Waals surface area contributed by atoms with Gasteiger partial charge in [0.15, 0.2) is 0 Å². The molecule has 1 aliphatic heterocycles. The van der Waals surface area contributed by atoms with E-state index in [0.29, 0.717) is 10.7 Å². The Morgan fingerprint density at radius 2 is 1.86 bits per heavy atom. The van der Waals surface area contributed by atoms with E-state index in [2.05, 4.69) is 5.32 Å². The highest BCUT2D eigenvalue weighted by Gasteiger charge is 2.32. The minimum absolute atomic E-state index is 0.00145. The molecule has 2 aromatic rings. The van der Waals surface area contributed by atoms with Crippen molar-refractivity contribution >= 4 is 29.2 Å². The van der Waals surface area contributed by atoms with Gasteiger partial charge in [-0.15, -0.1) is 0 Å². The van der Waals surface area contributed by atoms with Gasteiger partial charge in [-0.2, -0.15) is 0 Å². The summed E-state index contributed by atoms with van der Waals surface area (Å²) in [5.74, 6) is -1.30. The molecule has 3 rings (SSSR count). The van der Waals surface area contributed by atoms with Crippen molar-refractivity contribution in [3.05, 3.63) is 56.3 Å². The van der Waals surface area contributed by atoms with E-state index in [4.69, 9.17) is 17.3 Å². The lowest BCUT2D eigenvalue weighted by Gasteiger charge is -2.14. The Morgan fingerprint density at radius 1 is 1.14 bits per heavy atom. The van der Waals surface area contributed by atoms with Crippen LogP contribution in [0.2, 0.25) is 5.02 Å². The average Bonchev–Trinajstić information content (AvgIpc) is 2.68. The smallest absolute Gasteiger partial charge is 0.262 e. The number of benzene rings is 1. The molecule has 0 unspecified atom stereocenters. The van der Waals surface area contributed by atoms with Gasteiger partial charge in [-0.25, -0.2) is 0 Å². The van der Waals surface area contributed by atoms with Crippen LogP contribution in [-0.4, -0.2) is 16.4 Å². The van der Waals surface area contributed by atoms with Crippen LogP contribution in [0.1, 0.15) is 26.3 Å². The van der Waals surface area contributed by atoms with Crippen molar-refractivity contribution < 1.29 is 9.59 Å². The largest absolute Gasteiger partial charge is 0.384 e. The number of hydrogen-bond acceptors (Lipinski definition) is 4. The maximum atomic E-state index is 12.3. The molecule has 21 heavy (non-hydrogen) atoms. The number of fused-ring (bicyclic) bond motifs is 1. The van der Waals surface area contributed by atoms with Crippen LogP contribution in [0.4, 0.5) is 5.82 Å². The first kappa shape index (κ1) is 13.4. The molecule has 0 bridgehead atoms. The topological polar surface area (TPSA) is 94.2 Å². The first-order valence-corrected chi connectivity index (χ1v) is 6.45. The molecule has 2 heterocycles. The van der Waals surface area contributed by atoms with Gasteiger partial charge in [-0.05, 0) is 24.6 Å². The predicted molar refractivity (Wildman–Crippen MR) is 78.0 cm³/mol. The SMILES string of the molecule is Cc1ccc(Cl)cc1-n1c(N)c2c(cc1=O)C(=O)NC2=O. The summed E-state index contributed by atoms with van der Waals surface area (Å²) in [5, 5.41) is 2.55. The summed E-state index contributed by atoms with van der Waals surface area (Å²) in [7, 11) is 0. The fourth-order valence-corrected chi connectivity index (χ4v) is 2.52. The number of halogens is 1. The van der Waals surface area contributed by atoms with Gasteiger partial charge >= 0.3 is 0 Å². The third kappa shape index (κ3) is 1.92. The van der Waals surface area contributed by atoms with Gasteiger partial charge in [0, 0.05) is 11.1 Å². The Hall–Kier alpha value is -2.60. The Balaban J connectivity index is 2.38. The molecule has 0 saturated carbocycles. The maximum absolute atomic E-state index is 12.3.